The largest absolute Gasteiger partial charge is 0.465 e. The van der Waals surface area contributed by atoms with E-state index in [1.54, 1.807) is 18.4 Å². The van der Waals surface area contributed by atoms with E-state index in [2.05, 4.69) is 0 Å². The number of nitrogen functional groups attached to an aromatic ring is 1. The Kier molecular flexibility index (Phi) is 2.55. The maximum atomic E-state index is 5.48. The third-order valence-electron chi connectivity index (χ3n) is 1.22. The molecule has 0 aliphatic heterocycles. The van der Waals surface area contributed by atoms with Crippen molar-refractivity contribution in [3.63, 3.8) is 0 Å². The van der Waals surface area contributed by atoms with E-state index in [0.717, 1.165) is 11.4 Å². The van der Waals surface area contributed by atoms with E-state index in [9.17, 15) is 0 Å². The van der Waals surface area contributed by atoms with Crippen molar-refractivity contribution in [2.75, 3.05) is 5.73 Å². The Labute approximate surface area is 66.3 Å². The summed E-state index contributed by atoms with van der Waals surface area (Å²) in [4.78, 5) is 0. The summed E-state index contributed by atoms with van der Waals surface area (Å²) in [6.07, 6.45) is 3.46. The molecule has 0 aliphatic rings. The molecule has 0 heterocycles. The first-order valence-electron chi connectivity index (χ1n) is 3.46. The van der Waals surface area contributed by atoms with Gasteiger partial charge < -0.3 is 10.5 Å². The third kappa shape index (κ3) is 2.34. The van der Waals surface area contributed by atoms with Gasteiger partial charge >= 0.3 is 0 Å². The van der Waals surface area contributed by atoms with Crippen LogP contribution >= 0.6 is 0 Å². The minimum atomic E-state index is 0.748. The van der Waals surface area contributed by atoms with E-state index in [1.165, 1.54) is 0 Å². The molecule has 1 rings (SSSR count). The van der Waals surface area contributed by atoms with Gasteiger partial charge in [0, 0.05) is 5.69 Å². The highest BCUT2D eigenvalue weighted by Crippen LogP contribution is 2.12. The van der Waals surface area contributed by atoms with Crippen LogP contribution in [0.15, 0.2) is 36.6 Å². The third-order valence-corrected chi connectivity index (χ3v) is 1.22. The zero-order valence-electron chi connectivity index (χ0n) is 6.45. The van der Waals surface area contributed by atoms with Crippen LogP contribution in [0.3, 0.4) is 0 Å². The van der Waals surface area contributed by atoms with Gasteiger partial charge in [-0.1, -0.05) is 6.08 Å². The van der Waals surface area contributed by atoms with Gasteiger partial charge in [-0.3, -0.25) is 0 Å². The summed E-state index contributed by atoms with van der Waals surface area (Å²) in [7, 11) is 0. The van der Waals surface area contributed by atoms with Gasteiger partial charge in [-0.15, -0.1) is 0 Å². The molecule has 0 bridgehead atoms. The summed E-state index contributed by atoms with van der Waals surface area (Å²) in [6.45, 7) is 1.90. The molecule has 58 valence electrons. The van der Waals surface area contributed by atoms with E-state index >= 15 is 0 Å². The van der Waals surface area contributed by atoms with Crippen molar-refractivity contribution in [2.24, 2.45) is 0 Å². The van der Waals surface area contributed by atoms with Crippen molar-refractivity contribution in [1.82, 2.24) is 0 Å². The van der Waals surface area contributed by atoms with Gasteiger partial charge in [0.2, 0.25) is 0 Å². The number of rotatable bonds is 2. The number of nitrogens with two attached hydrogens (primary N) is 1. The molecule has 0 atom stereocenters. The fourth-order valence-electron chi connectivity index (χ4n) is 0.693. The van der Waals surface area contributed by atoms with Crippen LogP contribution < -0.4 is 10.5 Å². The molecule has 2 nitrogen and oxygen atoms in total. The zero-order valence-corrected chi connectivity index (χ0v) is 6.45. The molecule has 1 aromatic rings. The van der Waals surface area contributed by atoms with Gasteiger partial charge in [-0.05, 0) is 31.2 Å². The van der Waals surface area contributed by atoms with E-state index < -0.39 is 0 Å². The summed E-state index contributed by atoms with van der Waals surface area (Å²) in [5, 5.41) is 0. The Morgan fingerprint density at radius 3 is 2.45 bits per heavy atom. The predicted octanol–water partition coefficient (Wildman–Crippen LogP) is 2.18. The molecule has 0 unspecified atom stereocenters. The molecule has 0 aromatic heterocycles. The lowest BCUT2D eigenvalue weighted by atomic mass is 10.3. The smallest absolute Gasteiger partial charge is 0.126 e. The SMILES string of the molecule is C/C=C\Oc1ccc(N)cc1. The Morgan fingerprint density at radius 1 is 1.27 bits per heavy atom. The summed E-state index contributed by atoms with van der Waals surface area (Å²) in [6, 6.07) is 7.27. The molecule has 2 heteroatoms. The lowest BCUT2D eigenvalue weighted by Crippen LogP contribution is -1.84. The number of anilines is 1. The molecule has 0 fully saturated rings. The van der Waals surface area contributed by atoms with E-state index in [4.69, 9.17) is 10.5 Å². The first-order chi connectivity index (χ1) is 5.33. The molecule has 1 aromatic carbocycles. The molecule has 0 radical (unpaired) electrons. The maximum absolute atomic E-state index is 5.48. The van der Waals surface area contributed by atoms with E-state index in [-0.39, 0.29) is 0 Å². The Balaban J connectivity index is 2.66. The number of allylic oxidation sites excluding steroid dienone is 1. The monoisotopic (exact) mass is 149 g/mol. The zero-order chi connectivity index (χ0) is 8.10. The van der Waals surface area contributed by atoms with Crippen molar-refractivity contribution in [3.8, 4) is 5.75 Å². The quantitative estimate of drug-likeness (QED) is 0.516. The molecular weight excluding hydrogens is 138 g/mol. The highest BCUT2D eigenvalue weighted by molar-refractivity contribution is 5.41. The van der Waals surface area contributed by atoms with Crippen LogP contribution in [0.1, 0.15) is 6.92 Å². The fraction of sp³-hybridized carbons (Fsp3) is 0.111. The molecule has 2 N–H and O–H groups in total. The molecule has 11 heavy (non-hydrogen) atoms. The Hall–Kier alpha value is -1.44. The minimum Gasteiger partial charge on any atom is -0.465 e. The average Bonchev–Trinajstić information content (AvgIpc) is 2.04. The van der Waals surface area contributed by atoms with Crippen molar-refractivity contribution in [3.05, 3.63) is 36.6 Å². The van der Waals surface area contributed by atoms with Crippen molar-refractivity contribution < 1.29 is 4.74 Å². The predicted molar refractivity (Wildman–Crippen MR) is 46.3 cm³/mol. The first kappa shape index (κ1) is 7.66. The van der Waals surface area contributed by atoms with Gasteiger partial charge in [0.1, 0.15) is 5.75 Å². The normalized spacial score (nSPS) is 10.3. The number of hydrogen-bond donors (Lipinski definition) is 1. The van der Waals surface area contributed by atoms with Crippen LogP contribution in [0.2, 0.25) is 0 Å². The fourth-order valence-corrected chi connectivity index (χ4v) is 0.693. The number of hydrogen-bond acceptors (Lipinski definition) is 2. The van der Waals surface area contributed by atoms with Crippen LogP contribution in [0, 0.1) is 0 Å². The highest BCUT2D eigenvalue weighted by atomic mass is 16.5. The van der Waals surface area contributed by atoms with Gasteiger partial charge in [0.05, 0.1) is 6.26 Å². The van der Waals surface area contributed by atoms with Gasteiger partial charge in [-0.2, -0.15) is 0 Å². The summed E-state index contributed by atoms with van der Waals surface area (Å²) < 4.78 is 5.17. The molecular formula is C9H11NO. The van der Waals surface area contributed by atoms with Crippen LogP contribution in [0.25, 0.3) is 0 Å². The van der Waals surface area contributed by atoms with Crippen molar-refractivity contribution >= 4 is 5.69 Å². The second-order valence-electron chi connectivity index (χ2n) is 2.16. The van der Waals surface area contributed by atoms with Crippen LogP contribution in [-0.2, 0) is 0 Å². The van der Waals surface area contributed by atoms with Crippen LogP contribution in [0.5, 0.6) is 5.75 Å². The molecule has 0 amide bonds. The number of ether oxygens (including phenoxy) is 1. The second kappa shape index (κ2) is 3.66. The van der Waals surface area contributed by atoms with Crippen molar-refractivity contribution in [2.45, 2.75) is 6.92 Å². The number of benzene rings is 1. The average molecular weight is 149 g/mol. The van der Waals surface area contributed by atoms with Gasteiger partial charge in [-0.25, -0.2) is 0 Å². The molecule has 0 aliphatic carbocycles. The first-order valence-corrected chi connectivity index (χ1v) is 3.46. The summed E-state index contributed by atoms with van der Waals surface area (Å²) >= 11 is 0. The van der Waals surface area contributed by atoms with Gasteiger partial charge in [0.25, 0.3) is 0 Å². The standard InChI is InChI=1S/C9H11NO/c1-2-7-11-9-5-3-8(10)4-6-9/h2-7H,10H2,1H3/b7-2-. The summed E-state index contributed by atoms with van der Waals surface area (Å²) in [5.74, 6) is 0.803. The van der Waals surface area contributed by atoms with Crippen LogP contribution in [0.4, 0.5) is 5.69 Å². The molecule has 0 saturated heterocycles. The summed E-state index contributed by atoms with van der Waals surface area (Å²) in [5.41, 5.74) is 6.23. The Bertz CT molecular complexity index is 238. The Morgan fingerprint density at radius 2 is 1.91 bits per heavy atom. The molecule has 0 saturated carbocycles. The maximum Gasteiger partial charge on any atom is 0.126 e. The van der Waals surface area contributed by atoms with E-state index in [0.29, 0.717) is 0 Å². The minimum absolute atomic E-state index is 0.748. The topological polar surface area (TPSA) is 35.2 Å². The van der Waals surface area contributed by atoms with Crippen molar-refractivity contribution in [1.29, 1.82) is 0 Å². The lowest BCUT2D eigenvalue weighted by Gasteiger charge is -1.98. The second-order valence-corrected chi connectivity index (χ2v) is 2.16. The van der Waals surface area contributed by atoms with Crippen LogP contribution in [-0.4, -0.2) is 0 Å². The van der Waals surface area contributed by atoms with Gasteiger partial charge in [0.15, 0.2) is 0 Å². The van der Waals surface area contributed by atoms with E-state index in [1.807, 2.05) is 25.1 Å². The highest BCUT2D eigenvalue weighted by Gasteiger charge is 1.87. The lowest BCUT2D eigenvalue weighted by molar-refractivity contribution is 0.480. The molecule has 0 spiro atoms.